The molecule has 0 saturated carbocycles. The SMILES string of the molecule is CC(=O)c1nc(C)c(N)s1. The summed E-state index contributed by atoms with van der Waals surface area (Å²) in [6.45, 7) is 3.27. The smallest absolute Gasteiger partial charge is 0.188 e. The molecule has 0 fully saturated rings. The Labute approximate surface area is 62.9 Å². The molecule has 0 unspecified atom stereocenters. The van der Waals surface area contributed by atoms with Crippen LogP contribution in [0.1, 0.15) is 22.4 Å². The second kappa shape index (κ2) is 2.38. The quantitative estimate of drug-likeness (QED) is 0.622. The van der Waals surface area contributed by atoms with Crippen molar-refractivity contribution < 1.29 is 4.79 Å². The highest BCUT2D eigenvalue weighted by molar-refractivity contribution is 7.17. The molecule has 0 aliphatic rings. The lowest BCUT2D eigenvalue weighted by molar-refractivity contribution is 0.101. The van der Waals surface area contributed by atoms with E-state index in [4.69, 9.17) is 5.73 Å². The van der Waals surface area contributed by atoms with Crippen molar-refractivity contribution in [2.75, 3.05) is 5.73 Å². The van der Waals surface area contributed by atoms with Gasteiger partial charge in [0, 0.05) is 6.92 Å². The van der Waals surface area contributed by atoms with Crippen LogP contribution in [0.2, 0.25) is 0 Å². The predicted octanol–water partition coefficient (Wildman–Crippen LogP) is 1.24. The Morgan fingerprint density at radius 3 is 2.50 bits per heavy atom. The summed E-state index contributed by atoms with van der Waals surface area (Å²) in [5.74, 6) is -0.0233. The van der Waals surface area contributed by atoms with Gasteiger partial charge in [-0.2, -0.15) is 0 Å². The van der Waals surface area contributed by atoms with Crippen molar-refractivity contribution in [2.24, 2.45) is 0 Å². The lowest BCUT2D eigenvalue weighted by Crippen LogP contribution is -1.89. The third-order valence-electron chi connectivity index (χ3n) is 1.13. The van der Waals surface area contributed by atoms with E-state index in [2.05, 4.69) is 4.98 Å². The van der Waals surface area contributed by atoms with Gasteiger partial charge in [-0.05, 0) is 6.92 Å². The van der Waals surface area contributed by atoms with Gasteiger partial charge < -0.3 is 5.73 Å². The Hall–Kier alpha value is -0.900. The topological polar surface area (TPSA) is 56.0 Å². The van der Waals surface area contributed by atoms with Crippen LogP contribution in [0.15, 0.2) is 0 Å². The number of nitrogens with zero attached hydrogens (tertiary/aromatic N) is 1. The number of Topliss-reactive ketones (excluding diaryl/α,β-unsaturated/α-hetero) is 1. The van der Waals surface area contributed by atoms with E-state index >= 15 is 0 Å². The van der Waals surface area contributed by atoms with E-state index in [9.17, 15) is 4.79 Å². The molecule has 1 aromatic rings. The summed E-state index contributed by atoms with van der Waals surface area (Å²) in [7, 11) is 0. The second-order valence-electron chi connectivity index (χ2n) is 2.02. The minimum absolute atomic E-state index is 0.0233. The van der Waals surface area contributed by atoms with E-state index in [0.717, 1.165) is 5.69 Å². The molecule has 1 rings (SSSR count). The van der Waals surface area contributed by atoms with Gasteiger partial charge in [0.1, 0.15) is 5.00 Å². The molecule has 0 amide bonds. The van der Waals surface area contributed by atoms with Crippen molar-refractivity contribution in [2.45, 2.75) is 13.8 Å². The number of carbonyl (C=O) groups excluding carboxylic acids is 1. The van der Waals surface area contributed by atoms with E-state index in [-0.39, 0.29) is 5.78 Å². The lowest BCUT2D eigenvalue weighted by Gasteiger charge is -1.79. The van der Waals surface area contributed by atoms with Crippen LogP contribution in [0, 0.1) is 6.92 Å². The molecular formula is C6H8N2OS. The molecule has 0 atom stereocenters. The molecule has 3 nitrogen and oxygen atoms in total. The van der Waals surface area contributed by atoms with Gasteiger partial charge in [-0.1, -0.05) is 11.3 Å². The molecule has 10 heavy (non-hydrogen) atoms. The molecule has 1 aromatic heterocycles. The number of thiazole rings is 1. The van der Waals surface area contributed by atoms with E-state index in [1.54, 1.807) is 6.92 Å². The third-order valence-corrected chi connectivity index (χ3v) is 2.22. The van der Waals surface area contributed by atoms with Crippen LogP contribution in [0.4, 0.5) is 5.00 Å². The number of aryl methyl sites for hydroxylation is 1. The zero-order valence-corrected chi connectivity index (χ0v) is 6.66. The molecule has 0 radical (unpaired) electrons. The largest absolute Gasteiger partial charge is 0.389 e. The molecule has 0 spiro atoms. The number of nitrogens with two attached hydrogens (primary N) is 1. The first-order chi connectivity index (χ1) is 4.61. The van der Waals surface area contributed by atoms with Gasteiger partial charge in [-0.15, -0.1) is 0 Å². The summed E-state index contributed by atoms with van der Waals surface area (Å²) in [6.07, 6.45) is 0. The molecule has 2 N–H and O–H groups in total. The molecule has 0 saturated heterocycles. The summed E-state index contributed by atoms with van der Waals surface area (Å²) in [4.78, 5) is 14.7. The number of ketones is 1. The fourth-order valence-corrected chi connectivity index (χ4v) is 1.29. The number of nitrogen functional groups attached to an aromatic ring is 1. The van der Waals surface area contributed by atoms with Crippen molar-refractivity contribution >= 4 is 22.1 Å². The summed E-state index contributed by atoms with van der Waals surface area (Å²) in [5, 5.41) is 1.13. The summed E-state index contributed by atoms with van der Waals surface area (Å²) in [5.41, 5.74) is 6.23. The molecular weight excluding hydrogens is 148 g/mol. The maximum atomic E-state index is 10.7. The van der Waals surface area contributed by atoms with Crippen molar-refractivity contribution in [3.63, 3.8) is 0 Å². The Morgan fingerprint density at radius 1 is 1.70 bits per heavy atom. The number of anilines is 1. The van der Waals surface area contributed by atoms with Gasteiger partial charge in [-0.3, -0.25) is 4.79 Å². The van der Waals surface area contributed by atoms with Crippen LogP contribution in [-0.2, 0) is 0 Å². The molecule has 4 heteroatoms. The predicted molar refractivity (Wildman–Crippen MR) is 41.3 cm³/mol. The monoisotopic (exact) mass is 156 g/mol. The number of hydrogen-bond donors (Lipinski definition) is 1. The molecule has 54 valence electrons. The molecule has 0 aliphatic heterocycles. The fourth-order valence-electron chi connectivity index (χ4n) is 0.559. The minimum Gasteiger partial charge on any atom is -0.389 e. The van der Waals surface area contributed by atoms with Crippen molar-refractivity contribution in [3.05, 3.63) is 10.7 Å². The van der Waals surface area contributed by atoms with E-state index in [1.165, 1.54) is 18.3 Å². The third kappa shape index (κ3) is 1.16. The fraction of sp³-hybridized carbons (Fsp3) is 0.333. The zero-order valence-electron chi connectivity index (χ0n) is 5.84. The maximum Gasteiger partial charge on any atom is 0.188 e. The summed E-state index contributed by atoms with van der Waals surface area (Å²) in [6, 6.07) is 0. The number of hydrogen-bond acceptors (Lipinski definition) is 4. The number of rotatable bonds is 1. The standard InChI is InChI=1S/C6H8N2OS/c1-3-5(7)10-6(8-3)4(2)9/h7H2,1-2H3. The summed E-state index contributed by atoms with van der Waals surface area (Å²) >= 11 is 1.24. The molecule has 0 aromatic carbocycles. The zero-order chi connectivity index (χ0) is 7.72. The molecule has 0 bridgehead atoms. The highest BCUT2D eigenvalue weighted by Crippen LogP contribution is 2.19. The minimum atomic E-state index is -0.0233. The normalized spacial score (nSPS) is 9.80. The van der Waals surface area contributed by atoms with Crippen molar-refractivity contribution in [1.82, 2.24) is 4.98 Å². The summed E-state index contributed by atoms with van der Waals surface area (Å²) < 4.78 is 0. The highest BCUT2D eigenvalue weighted by Gasteiger charge is 2.06. The van der Waals surface area contributed by atoms with Crippen LogP contribution in [0.25, 0.3) is 0 Å². The Bertz CT molecular complexity index is 247. The van der Waals surface area contributed by atoms with Crippen LogP contribution in [-0.4, -0.2) is 10.8 Å². The van der Waals surface area contributed by atoms with Gasteiger partial charge in [0.15, 0.2) is 10.8 Å². The number of carbonyl (C=O) groups is 1. The average Bonchev–Trinajstić information content (AvgIpc) is 2.13. The first-order valence-electron chi connectivity index (χ1n) is 2.85. The Kier molecular flexibility index (Phi) is 1.72. The van der Waals surface area contributed by atoms with Gasteiger partial charge in [0.2, 0.25) is 0 Å². The first kappa shape index (κ1) is 7.21. The van der Waals surface area contributed by atoms with Gasteiger partial charge in [0.05, 0.1) is 5.69 Å². The average molecular weight is 156 g/mol. The van der Waals surface area contributed by atoms with Crippen molar-refractivity contribution in [1.29, 1.82) is 0 Å². The van der Waals surface area contributed by atoms with Crippen molar-refractivity contribution in [3.8, 4) is 0 Å². The number of aromatic nitrogens is 1. The van der Waals surface area contributed by atoms with Gasteiger partial charge in [-0.25, -0.2) is 4.98 Å². The highest BCUT2D eigenvalue weighted by atomic mass is 32.1. The first-order valence-corrected chi connectivity index (χ1v) is 3.66. The van der Waals surface area contributed by atoms with Gasteiger partial charge >= 0.3 is 0 Å². The van der Waals surface area contributed by atoms with Crippen LogP contribution in [0.5, 0.6) is 0 Å². The van der Waals surface area contributed by atoms with E-state index in [0.29, 0.717) is 10.0 Å². The maximum absolute atomic E-state index is 10.7. The van der Waals surface area contributed by atoms with E-state index in [1.807, 2.05) is 0 Å². The van der Waals surface area contributed by atoms with Gasteiger partial charge in [0.25, 0.3) is 0 Å². The molecule has 0 aliphatic carbocycles. The van der Waals surface area contributed by atoms with Crippen LogP contribution >= 0.6 is 11.3 Å². The second-order valence-corrected chi connectivity index (χ2v) is 3.06. The molecule has 1 heterocycles. The Balaban J connectivity index is 3.10. The van der Waals surface area contributed by atoms with Crippen LogP contribution < -0.4 is 5.73 Å². The Morgan fingerprint density at radius 2 is 2.30 bits per heavy atom. The lowest BCUT2D eigenvalue weighted by atomic mass is 10.5. The van der Waals surface area contributed by atoms with Crippen LogP contribution in [0.3, 0.4) is 0 Å². The van der Waals surface area contributed by atoms with E-state index < -0.39 is 0 Å².